The molecule has 4 atom stereocenters. The summed E-state index contributed by atoms with van der Waals surface area (Å²) in [5.74, 6) is -1.43. The predicted octanol–water partition coefficient (Wildman–Crippen LogP) is -1.20. The molecule has 0 saturated carbocycles. The minimum absolute atomic E-state index is 0.0392. The molecule has 31 heavy (non-hydrogen) atoms. The van der Waals surface area contributed by atoms with E-state index in [0.717, 1.165) is 9.13 Å². The Balaban J connectivity index is 1.87. The number of nitrogens with one attached hydrogen (secondary N) is 1. The minimum Gasteiger partial charge on any atom is -0.478 e. The number of nitrogens with zero attached hydrogens (tertiary/aromatic N) is 3. The number of carboxylic acids is 1. The number of carboxylic acid groups (broad SMARTS) is 1. The van der Waals surface area contributed by atoms with E-state index in [0.29, 0.717) is 5.56 Å². The number of carbonyl (C=O) groups is 1. The van der Waals surface area contributed by atoms with Gasteiger partial charge < -0.3 is 25.8 Å². The number of hydrogen-bond acceptors (Lipinski definition) is 8. The van der Waals surface area contributed by atoms with E-state index < -0.39 is 48.4 Å². The lowest BCUT2D eigenvalue weighted by Gasteiger charge is -2.15. The number of aliphatic hydroxyl groups is 2. The first-order valence-corrected chi connectivity index (χ1v) is 9.14. The van der Waals surface area contributed by atoms with Crippen molar-refractivity contribution in [1.29, 1.82) is 0 Å². The third-order valence-electron chi connectivity index (χ3n) is 5.09. The number of alkyl halides is 1. The second-order valence-electron chi connectivity index (χ2n) is 7.05. The van der Waals surface area contributed by atoms with Crippen LogP contribution in [-0.4, -0.2) is 65.4 Å². The summed E-state index contributed by atoms with van der Waals surface area (Å²) in [6.07, 6.45) is -6.69. The lowest BCUT2D eigenvalue weighted by molar-refractivity contribution is -0.0513. The Morgan fingerprint density at radius 2 is 1.97 bits per heavy atom. The van der Waals surface area contributed by atoms with Gasteiger partial charge in [-0.25, -0.2) is 18.5 Å². The lowest BCUT2D eigenvalue weighted by Crippen LogP contribution is -2.34. The summed E-state index contributed by atoms with van der Waals surface area (Å²) in [4.78, 5) is 43.0. The first-order valence-electron chi connectivity index (χ1n) is 9.14. The van der Waals surface area contributed by atoms with Crippen LogP contribution in [0.3, 0.4) is 0 Å². The number of nitrogen functional groups attached to an aromatic ring is 1. The summed E-state index contributed by atoms with van der Waals surface area (Å²) < 4.78 is 21.4. The van der Waals surface area contributed by atoms with Crippen molar-refractivity contribution in [1.82, 2.24) is 19.1 Å². The zero-order valence-electron chi connectivity index (χ0n) is 15.8. The molecule has 0 radical (unpaired) electrons. The molecular formula is C18H18FN5O7. The molecule has 164 valence electrons. The summed E-state index contributed by atoms with van der Waals surface area (Å²) >= 11 is 0. The van der Waals surface area contributed by atoms with Crippen molar-refractivity contribution in [2.24, 2.45) is 0 Å². The quantitative estimate of drug-likeness (QED) is 0.328. The van der Waals surface area contributed by atoms with Crippen LogP contribution in [-0.2, 0) is 11.3 Å². The van der Waals surface area contributed by atoms with E-state index in [1.54, 1.807) is 0 Å². The third-order valence-corrected chi connectivity index (χ3v) is 5.09. The van der Waals surface area contributed by atoms with Crippen LogP contribution < -0.4 is 17.0 Å². The Morgan fingerprint density at radius 1 is 1.29 bits per heavy atom. The molecule has 1 aliphatic heterocycles. The molecule has 3 aromatic rings. The maximum atomic E-state index is 14.2. The number of aromatic amines is 1. The average Bonchev–Trinajstić information content (AvgIpc) is 3.16. The molecule has 0 bridgehead atoms. The van der Waals surface area contributed by atoms with Crippen molar-refractivity contribution in [3.63, 3.8) is 0 Å². The predicted molar refractivity (Wildman–Crippen MR) is 103 cm³/mol. The van der Waals surface area contributed by atoms with Crippen LogP contribution in [0, 0.1) is 0 Å². The van der Waals surface area contributed by atoms with E-state index in [1.807, 2.05) is 0 Å². The number of fused-ring (bicyclic) bond motifs is 1. The van der Waals surface area contributed by atoms with E-state index >= 15 is 0 Å². The van der Waals surface area contributed by atoms with Gasteiger partial charge in [0.25, 0.3) is 5.56 Å². The fourth-order valence-electron chi connectivity index (χ4n) is 3.58. The van der Waals surface area contributed by atoms with E-state index in [1.165, 1.54) is 24.3 Å². The molecule has 0 unspecified atom stereocenters. The van der Waals surface area contributed by atoms with E-state index in [2.05, 4.69) is 9.97 Å². The topological polar surface area (TPSA) is 186 Å². The van der Waals surface area contributed by atoms with Crippen molar-refractivity contribution in [3.05, 3.63) is 56.2 Å². The number of imidazole rings is 1. The highest BCUT2D eigenvalue weighted by atomic mass is 19.1. The van der Waals surface area contributed by atoms with Crippen LogP contribution in [0.4, 0.5) is 10.3 Å². The van der Waals surface area contributed by atoms with Gasteiger partial charge in [-0.15, -0.1) is 0 Å². The number of H-pyrrole nitrogens is 1. The second-order valence-corrected chi connectivity index (χ2v) is 7.05. The highest BCUT2D eigenvalue weighted by molar-refractivity contribution is 5.87. The summed E-state index contributed by atoms with van der Waals surface area (Å²) in [5.41, 5.74) is 4.12. The van der Waals surface area contributed by atoms with Crippen molar-refractivity contribution in [3.8, 4) is 0 Å². The van der Waals surface area contributed by atoms with Crippen LogP contribution in [0.15, 0.2) is 33.9 Å². The van der Waals surface area contributed by atoms with Crippen molar-refractivity contribution < 1.29 is 29.2 Å². The Morgan fingerprint density at radius 3 is 2.55 bits per heavy atom. The summed E-state index contributed by atoms with van der Waals surface area (Å²) in [7, 11) is 0. The van der Waals surface area contributed by atoms with Gasteiger partial charge in [-0.1, -0.05) is 12.1 Å². The van der Waals surface area contributed by atoms with Crippen molar-refractivity contribution >= 4 is 23.1 Å². The molecule has 6 N–H and O–H groups in total. The van der Waals surface area contributed by atoms with Crippen molar-refractivity contribution in [2.75, 3.05) is 12.3 Å². The third kappa shape index (κ3) is 3.37. The fraction of sp³-hybridized carbons (Fsp3) is 0.333. The zero-order chi connectivity index (χ0) is 22.4. The van der Waals surface area contributed by atoms with Crippen LogP contribution in [0.25, 0.3) is 11.2 Å². The number of aromatic nitrogens is 4. The average molecular weight is 435 g/mol. The molecule has 0 amide bonds. The van der Waals surface area contributed by atoms with Gasteiger partial charge in [0.05, 0.1) is 18.7 Å². The first-order chi connectivity index (χ1) is 14.7. The van der Waals surface area contributed by atoms with Gasteiger partial charge in [0.15, 0.2) is 23.6 Å². The standard InChI is InChI=1S/C18H18FN5O7/c19-10-9(6-25)31-15(12(10)26)24-13-11(14(27)22-17(20)21-13)23(18(24)30)5-7-1-3-8(4-2-7)16(28)29/h1-4,9-10,12,15,25-26H,5-6H2,(H,28,29)(H3,20,21,22,27)/t9-,10-,12-,15-/m1/s1. The molecule has 1 aromatic carbocycles. The van der Waals surface area contributed by atoms with Gasteiger partial charge in [-0.05, 0) is 17.7 Å². The van der Waals surface area contributed by atoms with Crippen LogP contribution in [0.2, 0.25) is 0 Å². The Bertz CT molecular complexity index is 1270. The molecule has 12 nitrogen and oxygen atoms in total. The smallest absolute Gasteiger partial charge is 0.335 e. The number of nitrogens with two attached hydrogens (primary N) is 1. The number of aromatic carboxylic acids is 1. The number of anilines is 1. The van der Waals surface area contributed by atoms with Crippen LogP contribution in [0.5, 0.6) is 0 Å². The number of rotatable bonds is 5. The first kappa shape index (κ1) is 20.7. The molecule has 4 rings (SSSR count). The molecular weight excluding hydrogens is 417 g/mol. The van der Waals surface area contributed by atoms with E-state index in [-0.39, 0.29) is 29.2 Å². The number of benzene rings is 1. The molecule has 1 fully saturated rings. The van der Waals surface area contributed by atoms with Gasteiger partial charge in [-0.3, -0.25) is 14.3 Å². The molecule has 1 aliphatic rings. The van der Waals surface area contributed by atoms with Crippen molar-refractivity contribution in [2.45, 2.75) is 31.2 Å². The molecule has 1 saturated heterocycles. The highest BCUT2D eigenvalue weighted by Gasteiger charge is 2.46. The second kappa shape index (κ2) is 7.61. The lowest BCUT2D eigenvalue weighted by atomic mass is 10.1. The largest absolute Gasteiger partial charge is 0.478 e. The van der Waals surface area contributed by atoms with Crippen LogP contribution in [0.1, 0.15) is 22.1 Å². The maximum absolute atomic E-state index is 14.2. The van der Waals surface area contributed by atoms with E-state index in [4.69, 9.17) is 15.6 Å². The summed E-state index contributed by atoms with van der Waals surface area (Å²) in [6, 6.07) is 5.62. The fourth-order valence-corrected chi connectivity index (χ4v) is 3.58. The van der Waals surface area contributed by atoms with Gasteiger partial charge in [0.2, 0.25) is 5.95 Å². The van der Waals surface area contributed by atoms with Gasteiger partial charge in [0, 0.05) is 0 Å². The van der Waals surface area contributed by atoms with E-state index in [9.17, 15) is 29.0 Å². The Kier molecular flexibility index (Phi) is 5.08. The monoisotopic (exact) mass is 435 g/mol. The molecule has 0 spiro atoms. The normalized spacial score (nSPS) is 23.5. The van der Waals surface area contributed by atoms with Gasteiger partial charge >= 0.3 is 11.7 Å². The zero-order valence-corrected chi connectivity index (χ0v) is 15.8. The van der Waals surface area contributed by atoms with Crippen LogP contribution >= 0.6 is 0 Å². The summed E-state index contributed by atoms with van der Waals surface area (Å²) in [6.45, 7) is -0.879. The molecule has 13 heteroatoms. The van der Waals surface area contributed by atoms with Gasteiger partial charge in [0.1, 0.15) is 12.2 Å². The highest BCUT2D eigenvalue weighted by Crippen LogP contribution is 2.32. The van der Waals surface area contributed by atoms with Gasteiger partial charge in [-0.2, -0.15) is 4.98 Å². The Labute approximate surface area is 171 Å². The SMILES string of the molecule is Nc1nc2c(c(=O)[nH]1)n(Cc1ccc(C(=O)O)cc1)c(=O)n2[C@@H]1O[C@H](CO)[C@@H](F)[C@H]1O. The Hall–Kier alpha value is -3.55. The number of aliphatic hydroxyl groups excluding tert-OH is 2. The maximum Gasteiger partial charge on any atom is 0.335 e. The number of hydrogen-bond donors (Lipinski definition) is 5. The molecule has 2 aromatic heterocycles. The number of halogens is 1. The molecule has 3 heterocycles. The summed E-state index contributed by atoms with van der Waals surface area (Å²) in [5, 5.41) is 28.5. The minimum atomic E-state index is -1.97. The number of ether oxygens (including phenoxy) is 1. The molecule has 0 aliphatic carbocycles.